The number of hydrogen-bond donors (Lipinski definition) is 1. The van der Waals surface area contributed by atoms with Crippen molar-refractivity contribution in [2.24, 2.45) is 5.18 Å². The van der Waals surface area contributed by atoms with Crippen molar-refractivity contribution in [3.63, 3.8) is 0 Å². The van der Waals surface area contributed by atoms with Crippen LogP contribution in [0.3, 0.4) is 0 Å². The van der Waals surface area contributed by atoms with Crippen molar-refractivity contribution in [2.75, 3.05) is 0 Å². The summed E-state index contributed by atoms with van der Waals surface area (Å²) in [6, 6.07) is 0. The molecule has 0 radical (unpaired) electrons. The van der Waals surface area contributed by atoms with Gasteiger partial charge in [0.15, 0.2) is 0 Å². The van der Waals surface area contributed by atoms with E-state index < -0.39 is 5.91 Å². The lowest BCUT2D eigenvalue weighted by Gasteiger charge is -2.13. The Labute approximate surface area is 90.7 Å². The summed E-state index contributed by atoms with van der Waals surface area (Å²) >= 11 is 5.25. The Balaban J connectivity index is 2.88. The number of hydrogen-bond acceptors (Lipinski definition) is 3. The molecule has 0 saturated heterocycles. The summed E-state index contributed by atoms with van der Waals surface area (Å²) in [6.07, 6.45) is 3.25. The number of nitroso groups, excluding NO2 is 1. The molecule has 1 N–H and O–H groups in total. The van der Waals surface area contributed by atoms with E-state index in [4.69, 9.17) is 0 Å². The fourth-order valence-corrected chi connectivity index (χ4v) is 2.35. The summed E-state index contributed by atoms with van der Waals surface area (Å²) in [5.41, 5.74) is 0.307. The zero-order valence-corrected chi connectivity index (χ0v) is 9.50. The molecule has 0 bridgehead atoms. The van der Waals surface area contributed by atoms with Crippen molar-refractivity contribution in [1.82, 2.24) is 5.32 Å². The molecule has 0 aromatic rings. The molecule has 1 heterocycles. The first-order chi connectivity index (χ1) is 5.65. The Bertz CT molecular complexity index is 287. The van der Waals surface area contributed by atoms with Crippen molar-refractivity contribution < 1.29 is 4.79 Å². The number of nitrogens with zero attached hydrogens (tertiary/aromatic N) is 1. The minimum Gasteiger partial charge on any atom is -0.375 e. The molecule has 64 valence electrons. The maximum Gasteiger partial charge on any atom is 0.319 e. The van der Waals surface area contributed by atoms with E-state index in [1.165, 1.54) is 6.20 Å². The summed E-state index contributed by atoms with van der Waals surface area (Å²) in [5.74, 6) is -0.748. The fraction of sp³-hybridized carbons (Fsp3) is 0.167. The van der Waals surface area contributed by atoms with Gasteiger partial charge in [0, 0.05) is 15.0 Å². The van der Waals surface area contributed by atoms with Crippen LogP contribution in [0.5, 0.6) is 0 Å². The Morgan fingerprint density at radius 1 is 1.75 bits per heavy atom. The van der Waals surface area contributed by atoms with Crippen LogP contribution < -0.4 is 5.32 Å². The number of amides is 1. The van der Waals surface area contributed by atoms with E-state index in [2.05, 4.69) is 26.4 Å². The average molecular weight is 343 g/mol. The van der Waals surface area contributed by atoms with E-state index in [0.717, 1.165) is 3.58 Å². The molecule has 0 aliphatic carbocycles. The highest BCUT2D eigenvalue weighted by Crippen LogP contribution is 2.23. The molecule has 6 heteroatoms. The van der Waals surface area contributed by atoms with Gasteiger partial charge in [0.25, 0.3) is 0 Å². The van der Waals surface area contributed by atoms with E-state index in [1.807, 2.05) is 22.6 Å². The highest BCUT2D eigenvalue weighted by atomic mass is 127. The third kappa shape index (κ3) is 2.13. The molecule has 0 saturated carbocycles. The van der Waals surface area contributed by atoms with E-state index in [1.54, 1.807) is 6.08 Å². The maximum absolute atomic E-state index is 10.8. The molecule has 0 aromatic heterocycles. The predicted molar refractivity (Wildman–Crippen MR) is 56.8 cm³/mol. The van der Waals surface area contributed by atoms with E-state index in [-0.39, 0.29) is 4.95 Å². The van der Waals surface area contributed by atoms with Gasteiger partial charge in [-0.15, -0.1) is 4.91 Å². The molecule has 1 amide bonds. The standard InChI is InChI=1S/C6H4BrIN2O2/c7-5-1-4(8)3(2-9-5)6(11)10-12/h1-2,5,9H. The monoisotopic (exact) mass is 342 g/mol. The van der Waals surface area contributed by atoms with Gasteiger partial charge in [-0.05, 0) is 28.7 Å². The minimum atomic E-state index is -0.748. The molecule has 1 rings (SSSR count). The van der Waals surface area contributed by atoms with Crippen LogP contribution in [0.1, 0.15) is 0 Å². The van der Waals surface area contributed by atoms with Gasteiger partial charge in [-0.2, -0.15) is 0 Å². The highest BCUT2D eigenvalue weighted by molar-refractivity contribution is 14.1. The highest BCUT2D eigenvalue weighted by Gasteiger charge is 2.17. The third-order valence-corrected chi connectivity index (χ3v) is 2.72. The number of halogens is 2. The molecule has 0 aromatic carbocycles. The predicted octanol–water partition coefficient (Wildman–Crippen LogP) is 1.81. The van der Waals surface area contributed by atoms with Crippen LogP contribution in [0, 0.1) is 4.91 Å². The van der Waals surface area contributed by atoms with Gasteiger partial charge in [0.05, 0.1) is 5.57 Å². The first kappa shape index (κ1) is 9.85. The third-order valence-electron chi connectivity index (χ3n) is 1.25. The summed E-state index contributed by atoms with van der Waals surface area (Å²) in [7, 11) is 0. The van der Waals surface area contributed by atoms with Crippen LogP contribution in [0.4, 0.5) is 0 Å². The molecular weight excluding hydrogens is 339 g/mol. The van der Waals surface area contributed by atoms with Crippen LogP contribution in [0.2, 0.25) is 0 Å². The van der Waals surface area contributed by atoms with Gasteiger partial charge in [0.1, 0.15) is 4.95 Å². The van der Waals surface area contributed by atoms with Crippen molar-refractivity contribution in [3.8, 4) is 0 Å². The molecule has 1 atom stereocenters. The lowest BCUT2D eigenvalue weighted by Crippen LogP contribution is -2.21. The fourth-order valence-electron chi connectivity index (χ4n) is 0.711. The zero-order chi connectivity index (χ0) is 9.14. The molecule has 1 unspecified atom stereocenters. The second kappa shape index (κ2) is 4.13. The smallest absolute Gasteiger partial charge is 0.319 e. The molecule has 1 aliphatic rings. The summed E-state index contributed by atoms with van der Waals surface area (Å²) in [6.45, 7) is 0. The van der Waals surface area contributed by atoms with Crippen LogP contribution in [-0.4, -0.2) is 10.9 Å². The molecule has 1 aliphatic heterocycles. The SMILES string of the molecule is O=NC(=O)C1=CNC(Br)C=C1I. The van der Waals surface area contributed by atoms with Gasteiger partial charge in [0.2, 0.25) is 0 Å². The van der Waals surface area contributed by atoms with Crippen LogP contribution in [-0.2, 0) is 4.79 Å². The molecular formula is C6H4BrIN2O2. The number of alkyl halides is 1. The van der Waals surface area contributed by atoms with Crippen molar-refractivity contribution in [2.45, 2.75) is 4.95 Å². The lowest BCUT2D eigenvalue weighted by molar-refractivity contribution is -0.114. The topological polar surface area (TPSA) is 58.5 Å². The number of nitrogens with one attached hydrogen (secondary N) is 1. The Kier molecular flexibility index (Phi) is 3.39. The maximum atomic E-state index is 10.8. The van der Waals surface area contributed by atoms with E-state index >= 15 is 0 Å². The number of rotatable bonds is 1. The number of dihydropyridines is 1. The molecule has 12 heavy (non-hydrogen) atoms. The largest absolute Gasteiger partial charge is 0.375 e. The lowest BCUT2D eigenvalue weighted by atomic mass is 10.2. The summed E-state index contributed by atoms with van der Waals surface area (Å²) in [5, 5.41) is 5.16. The van der Waals surface area contributed by atoms with E-state index in [0.29, 0.717) is 5.57 Å². The Morgan fingerprint density at radius 2 is 2.42 bits per heavy atom. The van der Waals surface area contributed by atoms with Gasteiger partial charge in [-0.3, -0.25) is 4.79 Å². The van der Waals surface area contributed by atoms with Gasteiger partial charge in [-0.25, -0.2) is 0 Å². The number of carbonyl (C=O) groups is 1. The van der Waals surface area contributed by atoms with Crippen LogP contribution in [0.25, 0.3) is 0 Å². The average Bonchev–Trinajstić information content (AvgIpc) is 2.03. The van der Waals surface area contributed by atoms with Crippen molar-refractivity contribution >= 4 is 44.4 Å². The van der Waals surface area contributed by atoms with Crippen molar-refractivity contribution in [3.05, 3.63) is 26.3 Å². The van der Waals surface area contributed by atoms with Gasteiger partial charge < -0.3 is 5.32 Å². The quantitative estimate of drug-likeness (QED) is 0.342. The number of carbonyl (C=O) groups excluding carboxylic acids is 1. The minimum absolute atomic E-state index is 0.00704. The molecule has 0 spiro atoms. The van der Waals surface area contributed by atoms with Gasteiger partial charge in [-0.1, -0.05) is 15.9 Å². The summed E-state index contributed by atoms with van der Waals surface area (Å²) in [4.78, 5) is 20.8. The normalized spacial score (nSPS) is 22.0. The van der Waals surface area contributed by atoms with Gasteiger partial charge >= 0.3 is 5.91 Å². The second-order valence-corrected chi connectivity index (χ2v) is 4.19. The second-order valence-electron chi connectivity index (χ2n) is 2.04. The summed E-state index contributed by atoms with van der Waals surface area (Å²) < 4.78 is 0.720. The van der Waals surface area contributed by atoms with Crippen molar-refractivity contribution in [1.29, 1.82) is 0 Å². The Hall–Kier alpha value is -0.240. The van der Waals surface area contributed by atoms with E-state index in [9.17, 15) is 9.70 Å². The van der Waals surface area contributed by atoms with Crippen LogP contribution >= 0.6 is 38.5 Å². The Morgan fingerprint density at radius 3 is 2.92 bits per heavy atom. The zero-order valence-electron chi connectivity index (χ0n) is 5.75. The first-order valence-electron chi connectivity index (χ1n) is 3.01. The van der Waals surface area contributed by atoms with Crippen LogP contribution in [0.15, 0.2) is 26.6 Å². The first-order valence-corrected chi connectivity index (χ1v) is 5.00. The molecule has 0 fully saturated rings. The molecule has 4 nitrogen and oxygen atoms in total.